The summed E-state index contributed by atoms with van der Waals surface area (Å²) in [5, 5.41) is 2.53. The Labute approximate surface area is 740 Å². The summed E-state index contributed by atoms with van der Waals surface area (Å²) in [4.78, 5) is 4.83. The van der Waals surface area contributed by atoms with Crippen LogP contribution >= 0.6 is 0 Å². The lowest BCUT2D eigenvalue weighted by molar-refractivity contribution is -0.0282. The van der Waals surface area contributed by atoms with E-state index in [1.165, 1.54) is 244 Å². The summed E-state index contributed by atoms with van der Waals surface area (Å²) in [5.74, 6) is 3.18. The van der Waals surface area contributed by atoms with Crippen LogP contribution in [0.2, 0.25) is 0 Å². The van der Waals surface area contributed by atoms with Gasteiger partial charge in [0.25, 0.3) is 0 Å². The molecule has 15 aromatic rings. The summed E-state index contributed by atoms with van der Waals surface area (Å²) in [6.07, 6.45) is 16.0. The van der Waals surface area contributed by atoms with Crippen molar-refractivity contribution in [3.63, 3.8) is 0 Å². The van der Waals surface area contributed by atoms with Gasteiger partial charge in [0.05, 0.1) is 5.69 Å². The van der Waals surface area contributed by atoms with Crippen LogP contribution in [-0.4, -0.2) is 13.4 Å². The lowest BCUT2D eigenvalue weighted by Crippen LogP contribution is -2.56. The molecule has 4 unspecified atom stereocenters. The topological polar surface area (TPSA) is 6.48 Å². The standard InChI is InChI=1S/C62H60BN.C58H58BN/c1-41-30-43(3)59(44(4)31-41)63(60-45(5)32-42(2)33-46(60)6)54-17-12-16-51(35-54)49-22-24-52(25-23-49)61-36-47-34-48(37-61)39-62(38-47,40-61)53-26-28-56(29-27-53)64(55-18-8-7-9-19-55)58-21-13-15-50-14-10-11-20-57(50)58;1-39-29-41(3)55(42(4)30-39)59(56-43(5)31-40(2)32-44(56)6)51-25-19-48(20-26-51)47-17-21-49(22-18-47)57-34-45-33-46(35-57)37-58(36-45,38-57)50-23-27-54(28-24-50)60(52-13-9-7-10-14-52)53-15-11-8-12-16-53/h7-33,35,47-48H,34,36-40H2,1-6H3;7-32,45-46H,33-38H2,1-6H3. The molecule has 23 rings (SSSR count). The van der Waals surface area contributed by atoms with Gasteiger partial charge in [0.15, 0.2) is 0 Å². The third-order valence-corrected chi connectivity index (χ3v) is 30.9. The molecule has 8 fully saturated rings. The highest BCUT2D eigenvalue weighted by Crippen LogP contribution is 2.68. The monoisotopic (exact) mass is 1610 g/mol. The fraction of sp³-hybridized carbons (Fsp3) is 0.267. The Hall–Kier alpha value is -11.7. The third-order valence-electron chi connectivity index (χ3n) is 30.9. The van der Waals surface area contributed by atoms with Crippen LogP contribution < -0.4 is 42.6 Å². The van der Waals surface area contributed by atoms with E-state index in [9.17, 15) is 0 Å². The maximum Gasteiger partial charge on any atom is 0.242 e. The smallest absolute Gasteiger partial charge is 0.242 e. The van der Waals surface area contributed by atoms with Gasteiger partial charge in [0, 0.05) is 33.8 Å². The minimum Gasteiger partial charge on any atom is -0.311 e. The summed E-state index contributed by atoms with van der Waals surface area (Å²) < 4.78 is 0. The first-order valence-electron chi connectivity index (χ1n) is 46.3. The number of para-hydroxylation sites is 3. The van der Waals surface area contributed by atoms with Crippen LogP contribution in [0.4, 0.5) is 34.1 Å². The van der Waals surface area contributed by atoms with Gasteiger partial charge in [0.2, 0.25) is 13.4 Å². The summed E-state index contributed by atoms with van der Waals surface area (Å²) in [5.41, 5.74) is 44.4. The zero-order valence-electron chi connectivity index (χ0n) is 75.0. The number of fused-ring (bicyclic) bond motifs is 1. The van der Waals surface area contributed by atoms with E-state index in [0.717, 1.165) is 23.7 Å². The van der Waals surface area contributed by atoms with Crippen molar-refractivity contribution in [2.24, 2.45) is 23.7 Å². The summed E-state index contributed by atoms with van der Waals surface area (Å²) >= 11 is 0. The highest BCUT2D eigenvalue weighted by atomic mass is 15.1. The Balaban J connectivity index is 0.000000157. The van der Waals surface area contributed by atoms with E-state index in [2.05, 4.69) is 420 Å². The van der Waals surface area contributed by atoms with Gasteiger partial charge in [-0.05, 0) is 322 Å². The van der Waals surface area contributed by atoms with E-state index in [-0.39, 0.29) is 35.1 Å². The van der Waals surface area contributed by atoms with Gasteiger partial charge in [-0.15, -0.1) is 0 Å². The van der Waals surface area contributed by atoms with Gasteiger partial charge in [0.1, 0.15) is 0 Å². The summed E-state index contributed by atoms with van der Waals surface area (Å²) in [7, 11) is 0. The molecule has 0 aliphatic heterocycles. The van der Waals surface area contributed by atoms with E-state index < -0.39 is 0 Å². The van der Waals surface area contributed by atoms with Crippen LogP contribution in [0, 0.1) is 107 Å². The zero-order chi connectivity index (χ0) is 84.9. The average Bonchev–Trinajstić information content (AvgIpc) is 0.706. The minimum atomic E-state index is 0.164. The molecule has 2 nitrogen and oxygen atoms in total. The van der Waals surface area contributed by atoms with Crippen LogP contribution in [0.25, 0.3) is 33.0 Å². The normalized spacial score (nSPS) is 21.3. The van der Waals surface area contributed by atoms with Gasteiger partial charge in [-0.25, -0.2) is 0 Å². The molecule has 8 aliphatic rings. The van der Waals surface area contributed by atoms with Crippen LogP contribution in [0.3, 0.4) is 0 Å². The van der Waals surface area contributed by atoms with Crippen LogP contribution in [0.1, 0.15) is 166 Å². The third kappa shape index (κ3) is 14.9. The highest BCUT2D eigenvalue weighted by Gasteiger charge is 2.60. The van der Waals surface area contributed by atoms with Crippen LogP contribution in [0.15, 0.2) is 328 Å². The molecule has 8 aliphatic carbocycles. The first-order valence-corrected chi connectivity index (χ1v) is 46.3. The Bertz CT molecular complexity index is 6200. The number of hydrogen-bond acceptors (Lipinski definition) is 2. The van der Waals surface area contributed by atoms with E-state index in [4.69, 9.17) is 0 Å². The molecule has 8 bridgehead atoms. The highest BCUT2D eigenvalue weighted by molar-refractivity contribution is 6.97. The Kier molecular flexibility index (Phi) is 21.1. The molecule has 124 heavy (non-hydrogen) atoms. The molecule has 0 amide bonds. The Morgan fingerprint density at radius 1 is 0.234 bits per heavy atom. The fourth-order valence-corrected chi connectivity index (χ4v) is 27.2. The second kappa shape index (κ2) is 32.4. The number of hydrogen-bond donors (Lipinski definition) is 0. The molecule has 0 heterocycles. The van der Waals surface area contributed by atoms with Gasteiger partial charge in [-0.2, -0.15) is 0 Å². The predicted octanol–water partition coefficient (Wildman–Crippen LogP) is 27.1. The first kappa shape index (κ1) is 80.7. The summed E-state index contributed by atoms with van der Waals surface area (Å²) in [6, 6.07) is 125. The maximum atomic E-state index is 2.52. The molecule has 614 valence electrons. The van der Waals surface area contributed by atoms with E-state index in [0.29, 0.717) is 0 Å². The lowest BCUT2D eigenvalue weighted by Gasteiger charge is -2.63. The van der Waals surface area contributed by atoms with Crippen molar-refractivity contribution >= 4 is 91.1 Å². The van der Waals surface area contributed by atoms with Crippen molar-refractivity contribution in [3.8, 4) is 22.3 Å². The molecule has 4 atom stereocenters. The molecule has 15 aromatic carbocycles. The van der Waals surface area contributed by atoms with E-state index in [1.807, 2.05) is 0 Å². The molecule has 0 saturated heterocycles. The number of anilines is 6. The molecule has 0 aromatic heterocycles. The molecule has 0 radical (unpaired) electrons. The number of rotatable bonds is 18. The van der Waals surface area contributed by atoms with E-state index >= 15 is 0 Å². The van der Waals surface area contributed by atoms with Crippen molar-refractivity contribution in [2.75, 3.05) is 9.80 Å². The summed E-state index contributed by atoms with van der Waals surface area (Å²) in [6.45, 7) is 27.6. The molecule has 8 saturated carbocycles. The fourth-order valence-electron chi connectivity index (χ4n) is 27.2. The van der Waals surface area contributed by atoms with Crippen molar-refractivity contribution in [1.29, 1.82) is 0 Å². The van der Waals surface area contributed by atoms with Gasteiger partial charge in [-0.3, -0.25) is 0 Å². The quantitative estimate of drug-likeness (QED) is 0.0790. The first-order chi connectivity index (χ1) is 60.1. The van der Waals surface area contributed by atoms with Crippen molar-refractivity contribution in [1.82, 2.24) is 0 Å². The number of benzene rings is 15. The second-order valence-electron chi connectivity index (χ2n) is 39.8. The predicted molar refractivity (Wildman–Crippen MR) is 532 cm³/mol. The maximum absolute atomic E-state index is 2.52. The molecule has 0 spiro atoms. The second-order valence-corrected chi connectivity index (χ2v) is 39.8. The molecular weight excluding hydrogens is 1490 g/mol. The van der Waals surface area contributed by atoms with Gasteiger partial charge in [-0.1, -0.05) is 360 Å². The molecular formula is C120H118B2N2. The van der Waals surface area contributed by atoms with Gasteiger partial charge >= 0.3 is 0 Å². The SMILES string of the molecule is Cc1cc(C)c(B(c2ccc(-c3ccc(C45CC6CC(C4)CC(c4ccc(N(c7ccccc7)c7ccccc7)cc4)(C6)C5)cc3)cc2)c2c(C)cc(C)cc2C)c(C)c1.Cc1cc(C)c(B(c2cccc(-c3ccc(C45CC6CC(C4)CC(c4ccc(N(c7ccccc7)c7cccc8ccccc78)cc4)(C6)C5)cc3)c2)c2c(C)cc(C)cc2C)c(C)c1. The largest absolute Gasteiger partial charge is 0.311 e. The minimum absolute atomic E-state index is 0.164. The van der Waals surface area contributed by atoms with Crippen LogP contribution in [-0.2, 0) is 21.7 Å². The average molecular weight is 1610 g/mol. The number of aryl methyl sites for hydroxylation is 12. The van der Waals surface area contributed by atoms with Crippen LogP contribution in [0.5, 0.6) is 0 Å². The van der Waals surface area contributed by atoms with Crippen molar-refractivity contribution in [2.45, 2.75) is 182 Å². The molecule has 4 heteroatoms. The molecule has 0 N–H and O–H groups in total. The number of nitrogens with zero attached hydrogens (tertiary/aromatic N) is 2. The zero-order valence-corrected chi connectivity index (χ0v) is 75.0. The Morgan fingerprint density at radius 3 is 0.887 bits per heavy atom. The van der Waals surface area contributed by atoms with E-state index in [1.54, 1.807) is 22.3 Å². The van der Waals surface area contributed by atoms with Crippen molar-refractivity contribution in [3.05, 3.63) is 417 Å². The Morgan fingerprint density at radius 2 is 0.516 bits per heavy atom. The van der Waals surface area contributed by atoms with Gasteiger partial charge < -0.3 is 9.80 Å². The lowest BCUT2D eigenvalue weighted by atomic mass is 9.34. The van der Waals surface area contributed by atoms with Crippen molar-refractivity contribution < 1.29 is 0 Å².